The van der Waals surface area contributed by atoms with Gasteiger partial charge in [0, 0.05) is 25.6 Å². The van der Waals surface area contributed by atoms with Gasteiger partial charge in [0.15, 0.2) is 11.7 Å². The number of aromatic amines is 1. The summed E-state index contributed by atoms with van der Waals surface area (Å²) in [4.78, 5) is 11.7. The van der Waals surface area contributed by atoms with Crippen LogP contribution in [0.4, 0.5) is 0 Å². The molecule has 3 rings (SSSR count). The highest BCUT2D eigenvalue weighted by atomic mass is 16.3. The smallest absolute Gasteiger partial charge is 0.216 e. The van der Waals surface area contributed by atoms with Crippen molar-refractivity contribution < 1.29 is 4.42 Å². The molecule has 0 saturated carbocycles. The van der Waals surface area contributed by atoms with Crippen LogP contribution in [0.5, 0.6) is 0 Å². The number of hydrogen-bond acceptors (Lipinski definition) is 5. The summed E-state index contributed by atoms with van der Waals surface area (Å²) in [5, 5.41) is 13.8. The molecule has 0 spiro atoms. The normalized spacial score (nSPS) is 18.4. The number of hydrogen-bond donors (Lipinski definition) is 3. The number of likely N-dealkylation sites (tertiary alicyclic amines) is 1. The highest BCUT2D eigenvalue weighted by Gasteiger charge is 2.22. The fourth-order valence-electron chi connectivity index (χ4n) is 3.28. The Labute approximate surface area is 154 Å². The van der Waals surface area contributed by atoms with Crippen molar-refractivity contribution in [3.05, 3.63) is 24.2 Å². The number of H-pyrrole nitrogens is 1. The molecule has 0 amide bonds. The summed E-state index contributed by atoms with van der Waals surface area (Å²) in [6.07, 6.45) is 4.88. The highest BCUT2D eigenvalue weighted by molar-refractivity contribution is 5.79. The van der Waals surface area contributed by atoms with Crippen LogP contribution < -0.4 is 10.6 Å². The van der Waals surface area contributed by atoms with Gasteiger partial charge < -0.3 is 15.1 Å². The Balaban J connectivity index is 1.48. The Bertz CT molecular complexity index is 680. The lowest BCUT2D eigenvalue weighted by Crippen LogP contribution is -2.40. The lowest BCUT2D eigenvalue weighted by atomic mass is 10.2. The molecule has 1 fully saturated rings. The van der Waals surface area contributed by atoms with E-state index in [0.29, 0.717) is 17.6 Å². The monoisotopic (exact) mass is 359 g/mol. The van der Waals surface area contributed by atoms with Crippen LogP contribution in [-0.4, -0.2) is 64.8 Å². The summed E-state index contributed by atoms with van der Waals surface area (Å²) >= 11 is 0. The number of rotatable bonds is 8. The Morgan fingerprint density at radius 1 is 1.42 bits per heavy atom. The van der Waals surface area contributed by atoms with Gasteiger partial charge >= 0.3 is 0 Å². The quantitative estimate of drug-likeness (QED) is 0.490. The summed E-state index contributed by atoms with van der Waals surface area (Å²) in [7, 11) is 0. The van der Waals surface area contributed by atoms with Crippen LogP contribution in [0, 0.1) is 0 Å². The minimum Gasteiger partial charge on any atom is -0.461 e. The maximum Gasteiger partial charge on any atom is 0.216 e. The Morgan fingerprint density at radius 2 is 2.35 bits per heavy atom. The third kappa shape index (κ3) is 4.85. The molecular formula is C18H29N7O. The van der Waals surface area contributed by atoms with E-state index in [2.05, 4.69) is 44.6 Å². The topological polar surface area (TPSA) is 94.4 Å². The number of aliphatic imine (C=N–C) groups is 1. The van der Waals surface area contributed by atoms with Crippen molar-refractivity contribution in [2.24, 2.45) is 4.99 Å². The van der Waals surface area contributed by atoms with Gasteiger partial charge in [-0.2, -0.15) is 5.10 Å². The molecule has 2 aromatic heterocycles. The van der Waals surface area contributed by atoms with Gasteiger partial charge in [-0.05, 0) is 45.0 Å². The van der Waals surface area contributed by atoms with Crippen molar-refractivity contribution >= 4 is 5.96 Å². The molecule has 8 nitrogen and oxygen atoms in total. The molecule has 0 radical (unpaired) electrons. The molecule has 0 aliphatic carbocycles. The van der Waals surface area contributed by atoms with E-state index in [4.69, 9.17) is 9.41 Å². The summed E-state index contributed by atoms with van der Waals surface area (Å²) in [5.41, 5.74) is 0. The number of likely N-dealkylation sites (N-methyl/N-ethyl adjacent to an activating group) is 1. The van der Waals surface area contributed by atoms with E-state index in [1.165, 1.54) is 19.4 Å². The second kappa shape index (κ2) is 9.38. The first-order valence-electron chi connectivity index (χ1n) is 9.51. The maximum atomic E-state index is 5.31. The van der Waals surface area contributed by atoms with Crippen molar-refractivity contribution in [3.63, 3.8) is 0 Å². The van der Waals surface area contributed by atoms with Crippen LogP contribution >= 0.6 is 0 Å². The van der Waals surface area contributed by atoms with Crippen molar-refractivity contribution in [2.45, 2.75) is 39.2 Å². The molecule has 1 aliphatic heterocycles. The predicted octanol–water partition coefficient (Wildman–Crippen LogP) is 1.65. The first-order chi connectivity index (χ1) is 12.8. The molecule has 0 aromatic carbocycles. The molecule has 3 heterocycles. The second-order valence-electron chi connectivity index (χ2n) is 6.40. The Hall–Kier alpha value is -2.35. The SMILES string of the molecule is CCNC(=NCC1CCCN1CC)NCCc1nc(-c2ccco2)n[nH]1. The Morgan fingerprint density at radius 3 is 3.12 bits per heavy atom. The van der Waals surface area contributed by atoms with Gasteiger partial charge in [0.1, 0.15) is 5.82 Å². The fraction of sp³-hybridized carbons (Fsp3) is 0.611. The van der Waals surface area contributed by atoms with Gasteiger partial charge in [0.2, 0.25) is 5.82 Å². The summed E-state index contributed by atoms with van der Waals surface area (Å²) in [5.74, 6) is 2.95. The van der Waals surface area contributed by atoms with Crippen LogP contribution in [0.15, 0.2) is 27.8 Å². The number of furan rings is 1. The number of aromatic nitrogens is 3. The summed E-state index contributed by atoms with van der Waals surface area (Å²) in [6, 6.07) is 4.25. The van der Waals surface area contributed by atoms with Gasteiger partial charge in [-0.3, -0.25) is 15.0 Å². The minimum atomic E-state index is 0.570. The molecule has 3 N–H and O–H groups in total. The van der Waals surface area contributed by atoms with Crippen LogP contribution in [0.3, 0.4) is 0 Å². The van der Waals surface area contributed by atoms with Crippen molar-refractivity contribution in [1.29, 1.82) is 0 Å². The first-order valence-corrected chi connectivity index (χ1v) is 9.51. The van der Waals surface area contributed by atoms with E-state index >= 15 is 0 Å². The van der Waals surface area contributed by atoms with Crippen LogP contribution in [0.2, 0.25) is 0 Å². The zero-order valence-corrected chi connectivity index (χ0v) is 15.7. The zero-order chi connectivity index (χ0) is 18.2. The molecule has 1 unspecified atom stereocenters. The molecule has 8 heteroatoms. The largest absolute Gasteiger partial charge is 0.461 e. The van der Waals surface area contributed by atoms with Gasteiger partial charge in [-0.1, -0.05) is 6.92 Å². The lowest BCUT2D eigenvalue weighted by molar-refractivity contribution is 0.273. The first kappa shape index (κ1) is 18.4. The molecule has 1 atom stereocenters. The van der Waals surface area contributed by atoms with Gasteiger partial charge in [-0.25, -0.2) is 4.98 Å². The Kier molecular flexibility index (Phi) is 6.65. The highest BCUT2D eigenvalue weighted by Crippen LogP contribution is 2.16. The zero-order valence-electron chi connectivity index (χ0n) is 15.7. The number of nitrogens with zero attached hydrogens (tertiary/aromatic N) is 4. The average Bonchev–Trinajstić information content (AvgIpc) is 3.40. The second-order valence-corrected chi connectivity index (χ2v) is 6.40. The third-order valence-electron chi connectivity index (χ3n) is 4.64. The molecule has 2 aromatic rings. The van der Waals surface area contributed by atoms with E-state index in [1.807, 2.05) is 12.1 Å². The van der Waals surface area contributed by atoms with Crippen molar-refractivity contribution in [2.75, 3.05) is 32.7 Å². The fourth-order valence-corrected chi connectivity index (χ4v) is 3.28. The predicted molar refractivity (Wildman–Crippen MR) is 102 cm³/mol. The van der Waals surface area contributed by atoms with E-state index in [1.54, 1.807) is 6.26 Å². The minimum absolute atomic E-state index is 0.570. The van der Waals surface area contributed by atoms with Gasteiger partial charge in [0.25, 0.3) is 0 Å². The number of guanidine groups is 1. The number of nitrogens with one attached hydrogen (secondary N) is 3. The van der Waals surface area contributed by atoms with Gasteiger partial charge in [0.05, 0.1) is 12.8 Å². The molecule has 142 valence electrons. The lowest BCUT2D eigenvalue weighted by Gasteiger charge is -2.21. The van der Waals surface area contributed by atoms with E-state index in [0.717, 1.165) is 44.4 Å². The summed E-state index contributed by atoms with van der Waals surface area (Å²) in [6.45, 7) is 9.03. The molecular weight excluding hydrogens is 330 g/mol. The third-order valence-corrected chi connectivity index (χ3v) is 4.64. The standard InChI is InChI=1S/C18H29N7O/c1-3-19-18(21-13-14-7-5-11-25(14)4-2)20-10-9-16-22-17(24-23-16)15-8-6-12-26-15/h6,8,12,14H,3-5,7,9-11,13H2,1-2H3,(H2,19,20,21)(H,22,23,24). The molecule has 1 saturated heterocycles. The van der Waals surface area contributed by atoms with E-state index in [-0.39, 0.29) is 0 Å². The molecule has 26 heavy (non-hydrogen) atoms. The molecule has 0 bridgehead atoms. The molecule has 1 aliphatic rings. The summed E-state index contributed by atoms with van der Waals surface area (Å²) < 4.78 is 5.31. The average molecular weight is 359 g/mol. The van der Waals surface area contributed by atoms with Crippen molar-refractivity contribution in [3.8, 4) is 11.6 Å². The van der Waals surface area contributed by atoms with Gasteiger partial charge in [-0.15, -0.1) is 0 Å². The van der Waals surface area contributed by atoms with Crippen LogP contribution in [-0.2, 0) is 6.42 Å². The maximum absolute atomic E-state index is 5.31. The van der Waals surface area contributed by atoms with E-state index in [9.17, 15) is 0 Å². The van der Waals surface area contributed by atoms with Crippen LogP contribution in [0.25, 0.3) is 11.6 Å². The van der Waals surface area contributed by atoms with E-state index < -0.39 is 0 Å². The van der Waals surface area contributed by atoms with Crippen molar-refractivity contribution in [1.82, 2.24) is 30.7 Å². The van der Waals surface area contributed by atoms with Crippen LogP contribution in [0.1, 0.15) is 32.5 Å².